The number of nitrogens with two attached hydrogens (primary N) is 1. The summed E-state index contributed by atoms with van der Waals surface area (Å²) in [5.74, 6) is 0.0763. The quantitative estimate of drug-likeness (QED) is 0.829. The molecule has 1 aliphatic carbocycles. The average molecular weight is 337 g/mol. The lowest BCUT2D eigenvalue weighted by Crippen LogP contribution is -2.13. The van der Waals surface area contributed by atoms with E-state index in [1.165, 1.54) is 39.3 Å². The van der Waals surface area contributed by atoms with Crippen LogP contribution in [-0.4, -0.2) is 21.9 Å². The molecule has 0 atom stereocenters. The fourth-order valence-corrected chi connectivity index (χ4v) is 4.87. The van der Waals surface area contributed by atoms with Crippen molar-refractivity contribution in [2.24, 2.45) is 0 Å². The van der Waals surface area contributed by atoms with Gasteiger partial charge in [-0.1, -0.05) is 23.1 Å². The van der Waals surface area contributed by atoms with Gasteiger partial charge in [0.05, 0.1) is 11.3 Å². The molecule has 0 fully saturated rings. The summed E-state index contributed by atoms with van der Waals surface area (Å²) in [6, 6.07) is 2.21. The van der Waals surface area contributed by atoms with E-state index in [9.17, 15) is 10.1 Å². The van der Waals surface area contributed by atoms with Crippen LogP contribution in [0.4, 0.5) is 10.1 Å². The Morgan fingerprint density at radius 2 is 2.29 bits per heavy atom. The summed E-state index contributed by atoms with van der Waals surface area (Å²) in [6.07, 6.45) is 3.03. The summed E-state index contributed by atoms with van der Waals surface area (Å²) in [6.45, 7) is 0. The van der Waals surface area contributed by atoms with Crippen LogP contribution >= 0.6 is 34.4 Å². The van der Waals surface area contributed by atoms with E-state index in [0.29, 0.717) is 20.0 Å². The zero-order valence-electron chi connectivity index (χ0n) is 10.9. The van der Waals surface area contributed by atoms with Gasteiger partial charge in [0, 0.05) is 4.88 Å². The number of amides is 1. The molecule has 0 saturated heterocycles. The highest BCUT2D eigenvalue weighted by Gasteiger charge is 2.23. The highest BCUT2D eigenvalue weighted by Crippen LogP contribution is 2.38. The van der Waals surface area contributed by atoms with Crippen molar-refractivity contribution < 1.29 is 4.79 Å². The summed E-state index contributed by atoms with van der Waals surface area (Å²) < 4.78 is 0.664. The monoisotopic (exact) mass is 337 g/mol. The van der Waals surface area contributed by atoms with Crippen LogP contribution in [0.15, 0.2) is 4.34 Å². The van der Waals surface area contributed by atoms with E-state index in [-0.39, 0.29) is 11.7 Å². The van der Waals surface area contributed by atoms with Gasteiger partial charge in [-0.3, -0.25) is 4.79 Å². The Morgan fingerprint density at radius 3 is 3.00 bits per heavy atom. The fraction of sp³-hybridized carbons (Fsp3) is 0.333. The number of nitrogens with one attached hydrogen (secondary N) is 1. The summed E-state index contributed by atoms with van der Waals surface area (Å²) in [5.41, 5.74) is 7.23. The largest absolute Gasteiger partial charge is 0.374 e. The lowest BCUT2D eigenvalue weighted by atomic mass is 10.1. The molecule has 0 bridgehead atoms. The van der Waals surface area contributed by atoms with Gasteiger partial charge in [-0.25, -0.2) is 0 Å². The van der Waals surface area contributed by atoms with Crippen LogP contribution in [0.25, 0.3) is 0 Å². The maximum absolute atomic E-state index is 12.0. The number of nitrogen functional groups attached to an aromatic ring is 1. The van der Waals surface area contributed by atoms with Crippen molar-refractivity contribution in [2.75, 3.05) is 16.8 Å². The van der Waals surface area contributed by atoms with Crippen LogP contribution in [0, 0.1) is 11.3 Å². The Kier molecular flexibility index (Phi) is 4.10. The molecule has 0 aromatic carbocycles. The summed E-state index contributed by atoms with van der Waals surface area (Å²) in [5, 5.41) is 20.7. The van der Waals surface area contributed by atoms with Gasteiger partial charge in [-0.05, 0) is 24.8 Å². The van der Waals surface area contributed by atoms with Crippen molar-refractivity contribution in [2.45, 2.75) is 23.6 Å². The third-order valence-corrected chi connectivity index (χ3v) is 6.13. The minimum Gasteiger partial charge on any atom is -0.374 e. The van der Waals surface area contributed by atoms with Crippen LogP contribution in [0.5, 0.6) is 0 Å². The Morgan fingerprint density at radius 1 is 1.43 bits per heavy atom. The Bertz CT molecular complexity index is 730. The Hall–Kier alpha value is -1.63. The number of thioether (sulfide) groups is 1. The number of carbonyl (C=O) groups excluding carboxylic acids is 1. The number of nitriles is 1. The van der Waals surface area contributed by atoms with Gasteiger partial charge >= 0.3 is 0 Å². The molecule has 108 valence electrons. The van der Waals surface area contributed by atoms with Crippen LogP contribution in [-0.2, 0) is 17.6 Å². The van der Waals surface area contributed by atoms with Gasteiger partial charge in [0.25, 0.3) is 0 Å². The third-order valence-electron chi connectivity index (χ3n) is 3.03. The second kappa shape index (κ2) is 6.01. The molecule has 3 rings (SSSR count). The Balaban J connectivity index is 1.64. The third kappa shape index (κ3) is 3.02. The number of thiophene rings is 1. The summed E-state index contributed by atoms with van der Waals surface area (Å²) in [4.78, 5) is 13.2. The Labute approximate surface area is 133 Å². The molecule has 1 aliphatic rings. The molecule has 9 heteroatoms. The van der Waals surface area contributed by atoms with E-state index in [1.807, 2.05) is 0 Å². The highest BCUT2D eigenvalue weighted by atomic mass is 32.2. The second-order valence-electron chi connectivity index (χ2n) is 4.42. The maximum Gasteiger partial charge on any atom is 0.235 e. The van der Waals surface area contributed by atoms with Crippen LogP contribution in [0.3, 0.4) is 0 Å². The molecule has 0 unspecified atom stereocenters. The topological polar surface area (TPSA) is 105 Å². The number of nitrogens with zero attached hydrogens (tertiary/aromatic N) is 3. The lowest BCUT2D eigenvalue weighted by Gasteiger charge is -2.02. The molecular weight excluding hydrogens is 326 g/mol. The fourth-order valence-electron chi connectivity index (χ4n) is 2.18. The predicted molar refractivity (Wildman–Crippen MR) is 84.7 cm³/mol. The van der Waals surface area contributed by atoms with Crippen molar-refractivity contribution in [3.05, 3.63) is 16.0 Å². The number of hydrogen-bond donors (Lipinski definition) is 2. The number of fused-ring (bicyclic) bond motifs is 1. The van der Waals surface area contributed by atoms with E-state index in [1.54, 1.807) is 0 Å². The standard InChI is InChI=1S/C12H11N5OS3/c13-4-7-6-2-1-3-8(6)20-10(7)15-9(18)5-19-12-17-16-11(14)21-12/h1-3,5H2,(H2,14,16)(H,15,18). The summed E-state index contributed by atoms with van der Waals surface area (Å²) >= 11 is 4.06. The molecule has 21 heavy (non-hydrogen) atoms. The number of aryl methyl sites for hydroxylation is 1. The normalized spacial score (nSPS) is 12.9. The smallest absolute Gasteiger partial charge is 0.235 e. The first kappa shape index (κ1) is 14.3. The van der Waals surface area contributed by atoms with E-state index in [4.69, 9.17) is 5.73 Å². The predicted octanol–water partition coefficient (Wildman–Crippen LogP) is 2.27. The van der Waals surface area contributed by atoms with E-state index in [0.717, 1.165) is 24.8 Å². The number of aromatic nitrogens is 2. The lowest BCUT2D eigenvalue weighted by molar-refractivity contribution is -0.113. The van der Waals surface area contributed by atoms with Crippen LogP contribution < -0.4 is 11.1 Å². The molecule has 6 nitrogen and oxygen atoms in total. The molecule has 2 aromatic heterocycles. The highest BCUT2D eigenvalue weighted by molar-refractivity contribution is 8.01. The van der Waals surface area contributed by atoms with Crippen molar-refractivity contribution in [1.29, 1.82) is 5.26 Å². The van der Waals surface area contributed by atoms with Crippen LogP contribution in [0.1, 0.15) is 22.4 Å². The zero-order valence-corrected chi connectivity index (χ0v) is 13.3. The minimum absolute atomic E-state index is 0.148. The number of hydrogen-bond acceptors (Lipinski definition) is 8. The molecule has 0 radical (unpaired) electrons. The van der Waals surface area contributed by atoms with Crippen LogP contribution in [0.2, 0.25) is 0 Å². The molecule has 0 spiro atoms. The minimum atomic E-state index is -0.148. The molecule has 2 aromatic rings. The maximum atomic E-state index is 12.0. The van der Waals surface area contributed by atoms with Gasteiger partial charge in [-0.2, -0.15) is 5.26 Å². The van der Waals surface area contributed by atoms with Gasteiger partial charge in [0.15, 0.2) is 4.34 Å². The second-order valence-corrected chi connectivity index (χ2v) is 7.75. The van der Waals surface area contributed by atoms with Crippen molar-refractivity contribution in [3.63, 3.8) is 0 Å². The first-order chi connectivity index (χ1) is 10.2. The SMILES string of the molecule is N#Cc1c(NC(=O)CSc2nnc(N)s2)sc2c1CCC2. The number of carbonyl (C=O) groups is 1. The molecule has 0 aliphatic heterocycles. The zero-order chi connectivity index (χ0) is 14.8. The van der Waals surface area contributed by atoms with Crippen molar-refractivity contribution >= 4 is 50.5 Å². The van der Waals surface area contributed by atoms with E-state index < -0.39 is 0 Å². The van der Waals surface area contributed by atoms with Gasteiger partial charge in [-0.15, -0.1) is 21.5 Å². The van der Waals surface area contributed by atoms with Gasteiger partial charge in [0.2, 0.25) is 11.0 Å². The van der Waals surface area contributed by atoms with Gasteiger partial charge in [0.1, 0.15) is 11.1 Å². The number of anilines is 2. The molecule has 0 saturated carbocycles. The van der Waals surface area contributed by atoms with E-state index >= 15 is 0 Å². The van der Waals surface area contributed by atoms with Crippen molar-refractivity contribution in [3.8, 4) is 6.07 Å². The number of rotatable bonds is 4. The first-order valence-corrected chi connectivity index (χ1v) is 8.85. The molecule has 3 N–H and O–H groups in total. The summed E-state index contributed by atoms with van der Waals surface area (Å²) in [7, 11) is 0. The average Bonchev–Trinajstić information content (AvgIpc) is 3.12. The first-order valence-electron chi connectivity index (χ1n) is 6.23. The molecule has 2 heterocycles. The van der Waals surface area contributed by atoms with Gasteiger partial charge < -0.3 is 11.1 Å². The molecular formula is C12H11N5OS3. The van der Waals surface area contributed by atoms with Crippen molar-refractivity contribution in [1.82, 2.24) is 10.2 Å². The molecule has 1 amide bonds. The van der Waals surface area contributed by atoms with E-state index in [2.05, 4.69) is 21.6 Å².